The summed E-state index contributed by atoms with van der Waals surface area (Å²) in [7, 11) is 0. The molecule has 0 unspecified atom stereocenters. The third-order valence-corrected chi connectivity index (χ3v) is 4.73. The molecular formula is C22H20F2N2O6. The van der Waals surface area contributed by atoms with E-state index in [2.05, 4.69) is 0 Å². The van der Waals surface area contributed by atoms with Gasteiger partial charge in [-0.25, -0.2) is 8.78 Å². The zero-order valence-corrected chi connectivity index (χ0v) is 17.3. The Labute approximate surface area is 182 Å². The largest absolute Gasteiger partial charge is 0.465 e. The van der Waals surface area contributed by atoms with Crippen molar-refractivity contribution in [3.8, 4) is 6.07 Å². The Hall–Kier alpha value is -3.87. The molecule has 0 amide bonds. The SMILES string of the molecule is CCOC(=O)C(C(=O)OCC)[C@H](c1c(F)cccc1F)[C@@H](C#N)c1ccc([N+](=O)[O-])cc1. The summed E-state index contributed by atoms with van der Waals surface area (Å²) in [5.74, 6) is -9.34. The van der Waals surface area contributed by atoms with Crippen LogP contribution in [0, 0.1) is 39.0 Å². The summed E-state index contributed by atoms with van der Waals surface area (Å²) < 4.78 is 39.5. The highest BCUT2D eigenvalue weighted by molar-refractivity contribution is 5.96. The average molecular weight is 446 g/mol. The van der Waals surface area contributed by atoms with Crippen LogP contribution in [0.5, 0.6) is 0 Å². The molecule has 2 aromatic rings. The van der Waals surface area contributed by atoms with Crippen LogP contribution < -0.4 is 0 Å². The van der Waals surface area contributed by atoms with Gasteiger partial charge in [-0.05, 0) is 31.5 Å². The lowest BCUT2D eigenvalue weighted by molar-refractivity contribution is -0.384. The number of hydrogen-bond donors (Lipinski definition) is 0. The highest BCUT2D eigenvalue weighted by Crippen LogP contribution is 2.42. The summed E-state index contributed by atoms with van der Waals surface area (Å²) in [6.07, 6.45) is 0. The number of ether oxygens (including phenoxy) is 2. The summed E-state index contributed by atoms with van der Waals surface area (Å²) in [4.78, 5) is 35.7. The predicted molar refractivity (Wildman–Crippen MR) is 107 cm³/mol. The molecule has 8 nitrogen and oxygen atoms in total. The standard InChI is InChI=1S/C22H20F2N2O6/c1-3-31-21(27)20(22(28)32-4-2)18(19-16(23)6-5-7-17(19)24)15(12-25)13-8-10-14(11-9-13)26(29)30/h5-11,15,18,20H,3-4H2,1-2H3/t15-,18-/m0/s1. The first-order chi connectivity index (χ1) is 15.3. The van der Waals surface area contributed by atoms with Crippen LogP contribution in [0.4, 0.5) is 14.5 Å². The second-order valence-corrected chi connectivity index (χ2v) is 6.60. The molecule has 10 heteroatoms. The van der Waals surface area contributed by atoms with Crippen LogP contribution in [0.25, 0.3) is 0 Å². The molecule has 0 aliphatic carbocycles. The first kappa shape index (κ1) is 24.4. The summed E-state index contributed by atoms with van der Waals surface area (Å²) in [6.45, 7) is 2.71. The van der Waals surface area contributed by atoms with Crippen LogP contribution in [0.1, 0.15) is 36.8 Å². The number of rotatable bonds is 9. The van der Waals surface area contributed by atoms with Crippen molar-refractivity contribution in [1.29, 1.82) is 5.26 Å². The van der Waals surface area contributed by atoms with E-state index in [4.69, 9.17) is 9.47 Å². The first-order valence-electron chi connectivity index (χ1n) is 9.67. The molecule has 0 aliphatic heterocycles. The van der Waals surface area contributed by atoms with Gasteiger partial charge in [-0.3, -0.25) is 19.7 Å². The minimum atomic E-state index is -1.86. The summed E-state index contributed by atoms with van der Waals surface area (Å²) in [6, 6.07) is 9.52. The minimum Gasteiger partial charge on any atom is -0.465 e. The lowest BCUT2D eigenvalue weighted by Gasteiger charge is -2.29. The number of esters is 2. The highest BCUT2D eigenvalue weighted by atomic mass is 19.1. The highest BCUT2D eigenvalue weighted by Gasteiger charge is 2.45. The van der Waals surface area contributed by atoms with E-state index in [0.29, 0.717) is 0 Å². The molecule has 0 radical (unpaired) electrons. The molecule has 0 spiro atoms. The van der Waals surface area contributed by atoms with Crippen molar-refractivity contribution >= 4 is 17.6 Å². The maximum absolute atomic E-state index is 14.8. The van der Waals surface area contributed by atoms with Crippen molar-refractivity contribution in [2.45, 2.75) is 25.7 Å². The number of carbonyl (C=O) groups is 2. The van der Waals surface area contributed by atoms with Gasteiger partial charge in [0.25, 0.3) is 5.69 Å². The number of hydrogen-bond acceptors (Lipinski definition) is 7. The van der Waals surface area contributed by atoms with E-state index >= 15 is 0 Å². The van der Waals surface area contributed by atoms with Crippen LogP contribution in [0.15, 0.2) is 42.5 Å². The normalized spacial score (nSPS) is 12.5. The van der Waals surface area contributed by atoms with Crippen LogP contribution in [0.3, 0.4) is 0 Å². The van der Waals surface area contributed by atoms with Crippen LogP contribution in [-0.4, -0.2) is 30.1 Å². The Morgan fingerprint density at radius 1 is 1.03 bits per heavy atom. The third kappa shape index (κ3) is 5.24. The molecule has 2 aromatic carbocycles. The van der Waals surface area contributed by atoms with Crippen LogP contribution in [-0.2, 0) is 19.1 Å². The summed E-state index contributed by atoms with van der Waals surface area (Å²) >= 11 is 0. The van der Waals surface area contributed by atoms with E-state index in [1.54, 1.807) is 0 Å². The number of non-ortho nitro benzene ring substituents is 1. The van der Waals surface area contributed by atoms with Gasteiger partial charge in [0.1, 0.15) is 11.6 Å². The molecule has 0 bridgehead atoms. The Kier molecular flexibility index (Phi) is 8.35. The number of nitriles is 1. The molecule has 0 aromatic heterocycles. The van der Waals surface area contributed by atoms with E-state index < -0.39 is 51.8 Å². The molecule has 0 saturated carbocycles. The van der Waals surface area contributed by atoms with Crippen molar-refractivity contribution in [2.75, 3.05) is 13.2 Å². The molecule has 0 aliphatic rings. The maximum Gasteiger partial charge on any atom is 0.321 e. The lowest BCUT2D eigenvalue weighted by atomic mass is 9.74. The van der Waals surface area contributed by atoms with Gasteiger partial charge in [0.15, 0.2) is 5.92 Å². The zero-order chi connectivity index (χ0) is 23.8. The topological polar surface area (TPSA) is 120 Å². The van der Waals surface area contributed by atoms with E-state index in [-0.39, 0.29) is 24.5 Å². The smallest absolute Gasteiger partial charge is 0.321 e. The monoisotopic (exact) mass is 446 g/mol. The minimum absolute atomic E-state index is 0.115. The summed E-state index contributed by atoms with van der Waals surface area (Å²) in [5.41, 5.74) is -0.820. The molecule has 0 heterocycles. The Bertz CT molecular complexity index is 997. The predicted octanol–water partition coefficient (Wildman–Crippen LogP) is 4.01. The molecule has 0 fully saturated rings. The fourth-order valence-electron chi connectivity index (χ4n) is 3.37. The average Bonchev–Trinajstić information content (AvgIpc) is 2.74. The Morgan fingerprint density at radius 2 is 1.53 bits per heavy atom. The fraction of sp³-hybridized carbons (Fsp3) is 0.318. The van der Waals surface area contributed by atoms with E-state index in [1.165, 1.54) is 26.0 Å². The van der Waals surface area contributed by atoms with Crippen LogP contribution >= 0.6 is 0 Å². The van der Waals surface area contributed by atoms with E-state index in [1.807, 2.05) is 6.07 Å². The zero-order valence-electron chi connectivity index (χ0n) is 17.3. The molecule has 32 heavy (non-hydrogen) atoms. The number of carbonyl (C=O) groups excluding carboxylic acids is 2. The van der Waals surface area contributed by atoms with Gasteiger partial charge in [0, 0.05) is 23.6 Å². The molecule has 2 rings (SSSR count). The van der Waals surface area contributed by atoms with Gasteiger partial charge >= 0.3 is 11.9 Å². The summed E-state index contributed by atoms with van der Waals surface area (Å²) in [5, 5.41) is 20.9. The second-order valence-electron chi connectivity index (χ2n) is 6.60. The number of nitro benzene ring substituents is 1. The van der Waals surface area contributed by atoms with Gasteiger partial charge in [0.2, 0.25) is 0 Å². The van der Waals surface area contributed by atoms with E-state index in [9.17, 15) is 33.7 Å². The van der Waals surface area contributed by atoms with Crippen molar-refractivity contribution in [2.24, 2.45) is 5.92 Å². The molecule has 0 N–H and O–H groups in total. The van der Waals surface area contributed by atoms with Crippen molar-refractivity contribution in [1.82, 2.24) is 0 Å². The number of benzene rings is 2. The number of nitrogens with zero attached hydrogens (tertiary/aromatic N) is 2. The van der Waals surface area contributed by atoms with Gasteiger partial charge in [0.05, 0.1) is 30.1 Å². The number of nitro groups is 1. The lowest BCUT2D eigenvalue weighted by Crippen LogP contribution is -2.36. The van der Waals surface area contributed by atoms with E-state index in [0.717, 1.165) is 30.3 Å². The number of halogens is 2. The maximum atomic E-state index is 14.8. The molecule has 2 atom stereocenters. The molecular weight excluding hydrogens is 426 g/mol. The fourth-order valence-corrected chi connectivity index (χ4v) is 3.37. The Morgan fingerprint density at radius 3 is 1.94 bits per heavy atom. The molecule has 0 saturated heterocycles. The van der Waals surface area contributed by atoms with Gasteiger partial charge in [-0.1, -0.05) is 18.2 Å². The molecule has 168 valence electrons. The van der Waals surface area contributed by atoms with Gasteiger partial charge in [-0.2, -0.15) is 5.26 Å². The van der Waals surface area contributed by atoms with Gasteiger partial charge < -0.3 is 9.47 Å². The second kappa shape index (κ2) is 10.9. The van der Waals surface area contributed by atoms with Gasteiger partial charge in [-0.15, -0.1) is 0 Å². The first-order valence-corrected chi connectivity index (χ1v) is 9.67. The van der Waals surface area contributed by atoms with Crippen molar-refractivity contribution < 1.29 is 32.8 Å². The van der Waals surface area contributed by atoms with Crippen molar-refractivity contribution in [3.05, 3.63) is 75.3 Å². The third-order valence-electron chi connectivity index (χ3n) is 4.73. The van der Waals surface area contributed by atoms with Crippen molar-refractivity contribution in [3.63, 3.8) is 0 Å². The Balaban J connectivity index is 2.75. The quantitative estimate of drug-likeness (QED) is 0.247. The van der Waals surface area contributed by atoms with Crippen LogP contribution in [0.2, 0.25) is 0 Å².